The third kappa shape index (κ3) is 5.77. The minimum absolute atomic E-state index is 0.0905. The Bertz CT molecular complexity index is 775. The summed E-state index contributed by atoms with van der Waals surface area (Å²) in [4.78, 5) is 24.1. The maximum absolute atomic E-state index is 12.1. The predicted octanol–water partition coefficient (Wildman–Crippen LogP) is 3.26. The molecule has 0 saturated carbocycles. The molecule has 1 atom stereocenters. The summed E-state index contributed by atoms with van der Waals surface area (Å²) in [5.41, 5.74) is 2.77. The van der Waals surface area contributed by atoms with Crippen molar-refractivity contribution < 1.29 is 9.59 Å². The molecule has 2 aromatic rings. The van der Waals surface area contributed by atoms with E-state index in [1.807, 2.05) is 26.8 Å². The number of nitrogens with one attached hydrogen (secondary N) is 4. The average Bonchev–Trinajstić information content (AvgIpc) is 2.97. The standard InChI is InChI=1S/C18H24ClN5O2/c1-4-7-20-17(25)15-6-5-13(10-16(15)19)22-18(26)21-11(2)8-14-9-12(3)23-24-14/h5-6,9-11H,4,7-8H2,1-3H3,(H,20,25)(H,23,24)(H2,21,22,26). The number of hydrogen-bond acceptors (Lipinski definition) is 3. The van der Waals surface area contributed by atoms with Crippen LogP contribution in [0.4, 0.5) is 10.5 Å². The van der Waals surface area contributed by atoms with E-state index in [4.69, 9.17) is 11.6 Å². The number of benzene rings is 1. The van der Waals surface area contributed by atoms with Gasteiger partial charge in [0.1, 0.15) is 0 Å². The first-order chi connectivity index (χ1) is 12.4. The van der Waals surface area contributed by atoms with Crippen LogP contribution in [-0.4, -0.2) is 34.7 Å². The Balaban J connectivity index is 1.90. The smallest absolute Gasteiger partial charge is 0.319 e. The van der Waals surface area contributed by atoms with Crippen molar-refractivity contribution in [3.8, 4) is 0 Å². The molecule has 0 bridgehead atoms. The van der Waals surface area contributed by atoms with Crippen molar-refractivity contribution in [3.05, 3.63) is 46.2 Å². The summed E-state index contributed by atoms with van der Waals surface area (Å²) in [6, 6.07) is 6.31. The number of anilines is 1. The number of aromatic nitrogens is 2. The van der Waals surface area contributed by atoms with E-state index in [2.05, 4.69) is 26.1 Å². The second-order valence-electron chi connectivity index (χ2n) is 6.20. The lowest BCUT2D eigenvalue weighted by molar-refractivity contribution is 0.0954. The molecule has 7 nitrogen and oxygen atoms in total. The van der Waals surface area contributed by atoms with Crippen molar-refractivity contribution >= 4 is 29.2 Å². The molecule has 0 saturated heterocycles. The van der Waals surface area contributed by atoms with Crippen molar-refractivity contribution in [1.82, 2.24) is 20.8 Å². The average molecular weight is 378 g/mol. The van der Waals surface area contributed by atoms with Gasteiger partial charge in [0.05, 0.1) is 16.3 Å². The molecule has 0 spiro atoms. The van der Waals surface area contributed by atoms with Gasteiger partial charge in [-0.15, -0.1) is 0 Å². The predicted molar refractivity (Wildman–Crippen MR) is 103 cm³/mol. The summed E-state index contributed by atoms with van der Waals surface area (Å²) in [5, 5.41) is 15.7. The second-order valence-corrected chi connectivity index (χ2v) is 6.60. The highest BCUT2D eigenvalue weighted by molar-refractivity contribution is 6.34. The lowest BCUT2D eigenvalue weighted by atomic mass is 10.2. The van der Waals surface area contributed by atoms with Gasteiger partial charge in [-0.05, 0) is 44.5 Å². The molecule has 1 heterocycles. The summed E-state index contributed by atoms with van der Waals surface area (Å²) in [7, 11) is 0. The van der Waals surface area contributed by atoms with Gasteiger partial charge in [0.25, 0.3) is 5.91 Å². The molecule has 2 rings (SSSR count). The molecule has 1 aromatic heterocycles. The van der Waals surface area contributed by atoms with Crippen LogP contribution >= 0.6 is 11.6 Å². The fourth-order valence-electron chi connectivity index (χ4n) is 2.45. The van der Waals surface area contributed by atoms with Gasteiger partial charge in [0, 0.05) is 30.4 Å². The third-order valence-electron chi connectivity index (χ3n) is 3.66. The summed E-state index contributed by atoms with van der Waals surface area (Å²) in [5.74, 6) is -0.226. The Morgan fingerprint density at radius 1 is 1.31 bits per heavy atom. The highest BCUT2D eigenvalue weighted by atomic mass is 35.5. The van der Waals surface area contributed by atoms with Crippen molar-refractivity contribution in [2.24, 2.45) is 0 Å². The van der Waals surface area contributed by atoms with Gasteiger partial charge < -0.3 is 16.0 Å². The van der Waals surface area contributed by atoms with E-state index in [1.165, 1.54) is 0 Å². The molecule has 140 valence electrons. The Kier molecular flexibility index (Phi) is 7.03. The molecule has 0 radical (unpaired) electrons. The monoisotopic (exact) mass is 377 g/mol. The van der Waals surface area contributed by atoms with Gasteiger partial charge in [0.2, 0.25) is 0 Å². The quantitative estimate of drug-likeness (QED) is 0.596. The van der Waals surface area contributed by atoms with E-state index in [0.717, 1.165) is 17.8 Å². The SMILES string of the molecule is CCCNC(=O)c1ccc(NC(=O)NC(C)Cc2cc(C)[nH]n2)cc1Cl. The van der Waals surface area contributed by atoms with Crippen LogP contribution < -0.4 is 16.0 Å². The minimum Gasteiger partial charge on any atom is -0.352 e. The van der Waals surface area contributed by atoms with E-state index < -0.39 is 0 Å². The molecule has 26 heavy (non-hydrogen) atoms. The van der Waals surface area contributed by atoms with Gasteiger partial charge in [-0.3, -0.25) is 9.89 Å². The number of hydrogen-bond donors (Lipinski definition) is 4. The molecule has 8 heteroatoms. The van der Waals surface area contributed by atoms with Crippen molar-refractivity contribution in [3.63, 3.8) is 0 Å². The first-order valence-corrected chi connectivity index (χ1v) is 8.93. The normalized spacial score (nSPS) is 11.7. The van der Waals surface area contributed by atoms with E-state index in [0.29, 0.717) is 24.2 Å². The number of halogens is 1. The molecule has 0 aliphatic heterocycles. The number of carbonyl (C=O) groups excluding carboxylic acids is 2. The molecule has 4 N–H and O–H groups in total. The molecule has 1 unspecified atom stereocenters. The highest BCUT2D eigenvalue weighted by Gasteiger charge is 2.13. The molecule has 0 aliphatic carbocycles. The molecule has 1 aromatic carbocycles. The lowest BCUT2D eigenvalue weighted by Gasteiger charge is -2.14. The van der Waals surface area contributed by atoms with Crippen LogP contribution in [0.3, 0.4) is 0 Å². The number of nitrogens with zero attached hydrogens (tertiary/aromatic N) is 1. The zero-order chi connectivity index (χ0) is 19.1. The van der Waals surface area contributed by atoms with Crippen molar-refractivity contribution in [2.45, 2.75) is 39.7 Å². The molecular weight excluding hydrogens is 354 g/mol. The van der Waals surface area contributed by atoms with Crippen LogP contribution in [-0.2, 0) is 6.42 Å². The van der Waals surface area contributed by atoms with E-state index >= 15 is 0 Å². The van der Waals surface area contributed by atoms with Crippen LogP contribution in [0.2, 0.25) is 5.02 Å². The Labute approximate surface area is 157 Å². The molecule has 3 amide bonds. The van der Waals surface area contributed by atoms with E-state index in [-0.39, 0.29) is 23.0 Å². The fraction of sp³-hybridized carbons (Fsp3) is 0.389. The van der Waals surface area contributed by atoms with Crippen LogP contribution in [0.5, 0.6) is 0 Å². The second kappa shape index (κ2) is 9.24. The van der Waals surface area contributed by atoms with Gasteiger partial charge >= 0.3 is 6.03 Å². The topological polar surface area (TPSA) is 98.9 Å². The third-order valence-corrected chi connectivity index (χ3v) is 3.97. The van der Waals surface area contributed by atoms with E-state index in [9.17, 15) is 9.59 Å². The van der Waals surface area contributed by atoms with Gasteiger partial charge in [-0.2, -0.15) is 5.10 Å². The zero-order valence-electron chi connectivity index (χ0n) is 15.1. The fourth-order valence-corrected chi connectivity index (χ4v) is 2.71. The molecule has 0 fully saturated rings. The minimum atomic E-state index is -0.344. The summed E-state index contributed by atoms with van der Waals surface area (Å²) < 4.78 is 0. The van der Waals surface area contributed by atoms with Crippen LogP contribution in [0, 0.1) is 6.92 Å². The summed E-state index contributed by atoms with van der Waals surface area (Å²) in [6.07, 6.45) is 1.47. The van der Waals surface area contributed by atoms with Crippen molar-refractivity contribution in [1.29, 1.82) is 0 Å². The largest absolute Gasteiger partial charge is 0.352 e. The number of rotatable bonds is 7. The van der Waals surface area contributed by atoms with Gasteiger partial charge in [-0.25, -0.2) is 4.79 Å². The van der Waals surface area contributed by atoms with Crippen molar-refractivity contribution in [2.75, 3.05) is 11.9 Å². The summed E-state index contributed by atoms with van der Waals surface area (Å²) in [6.45, 7) is 6.39. The first kappa shape index (κ1) is 19.8. The first-order valence-electron chi connectivity index (χ1n) is 8.55. The van der Waals surface area contributed by atoms with Crippen LogP contribution in [0.25, 0.3) is 0 Å². The van der Waals surface area contributed by atoms with Gasteiger partial charge in [0.15, 0.2) is 0 Å². The van der Waals surface area contributed by atoms with Gasteiger partial charge in [-0.1, -0.05) is 18.5 Å². The zero-order valence-corrected chi connectivity index (χ0v) is 15.9. The van der Waals surface area contributed by atoms with Crippen LogP contribution in [0.15, 0.2) is 24.3 Å². The lowest BCUT2D eigenvalue weighted by Crippen LogP contribution is -2.37. The molecular formula is C18H24ClN5O2. The number of carbonyl (C=O) groups is 2. The number of H-pyrrole nitrogens is 1. The number of aromatic amines is 1. The Hall–Kier alpha value is -2.54. The highest BCUT2D eigenvalue weighted by Crippen LogP contribution is 2.21. The maximum atomic E-state index is 12.1. The Morgan fingerprint density at radius 2 is 2.08 bits per heavy atom. The maximum Gasteiger partial charge on any atom is 0.319 e. The Morgan fingerprint density at radius 3 is 2.69 bits per heavy atom. The van der Waals surface area contributed by atoms with E-state index in [1.54, 1.807) is 18.2 Å². The number of urea groups is 1. The van der Waals surface area contributed by atoms with Crippen LogP contribution in [0.1, 0.15) is 42.0 Å². The number of amides is 3. The number of aryl methyl sites for hydroxylation is 1. The summed E-state index contributed by atoms with van der Waals surface area (Å²) >= 11 is 6.16. The molecule has 0 aliphatic rings.